The number of nitrogens with two attached hydrogens (primary N) is 1. The second-order valence-corrected chi connectivity index (χ2v) is 10.4. The Balaban J connectivity index is 2.56. The van der Waals surface area contributed by atoms with Crippen molar-refractivity contribution in [3.8, 4) is 0 Å². The molecule has 0 saturated carbocycles. The van der Waals surface area contributed by atoms with Gasteiger partial charge in [-0.15, -0.1) is 23.5 Å². The number of carbonyl (C=O) groups is 1. The molecule has 0 unspecified atom stereocenters. The largest absolute Gasteiger partial charge is 0.398 e. The van der Waals surface area contributed by atoms with Crippen LogP contribution in [0.2, 0.25) is 0 Å². The van der Waals surface area contributed by atoms with E-state index in [-0.39, 0.29) is 18.8 Å². The highest BCUT2D eigenvalue weighted by Gasteiger charge is 2.39. The van der Waals surface area contributed by atoms with Crippen LogP contribution < -0.4 is 5.73 Å². The zero-order valence-electron chi connectivity index (χ0n) is 18.7. The van der Waals surface area contributed by atoms with Crippen LogP contribution in [0.1, 0.15) is 68.1 Å². The monoisotopic (exact) mass is 407 g/mol. The first kappa shape index (κ1) is 20.7. The molecule has 0 aromatic heterocycles. The van der Waals surface area contributed by atoms with Crippen molar-refractivity contribution in [3.05, 3.63) is 39.1 Å². The maximum absolute atomic E-state index is 13.8. The first-order valence-electron chi connectivity index (χ1n) is 10.3. The third kappa shape index (κ3) is 4.04. The average molecular weight is 408 g/mol. The van der Waals surface area contributed by atoms with Gasteiger partial charge < -0.3 is 10.6 Å². The SMILES string of the molecule is [2H]Cc1c(C)c(C)c(C(=O)N2C(C)=C(C)C[C@H]2C(SCC)SCC)c(N)c1C. The van der Waals surface area contributed by atoms with E-state index >= 15 is 0 Å². The van der Waals surface area contributed by atoms with E-state index in [0.29, 0.717) is 15.8 Å². The van der Waals surface area contributed by atoms with Crippen LogP contribution in [0.15, 0.2) is 11.3 Å². The normalized spacial score (nSPS) is 17.9. The summed E-state index contributed by atoms with van der Waals surface area (Å²) in [5.41, 5.74) is 13.7. The second kappa shape index (κ2) is 8.95. The molecule has 1 aromatic carbocycles. The number of benzene rings is 1. The van der Waals surface area contributed by atoms with Crippen molar-refractivity contribution in [2.24, 2.45) is 0 Å². The molecule has 1 aromatic rings. The summed E-state index contributed by atoms with van der Waals surface area (Å²) < 4.78 is 8.19. The molecule has 3 nitrogen and oxygen atoms in total. The maximum Gasteiger partial charge on any atom is 0.260 e. The highest BCUT2D eigenvalue weighted by atomic mass is 32.2. The van der Waals surface area contributed by atoms with E-state index in [1.807, 2.05) is 49.2 Å². The van der Waals surface area contributed by atoms with E-state index in [1.54, 1.807) is 0 Å². The van der Waals surface area contributed by atoms with Crippen LogP contribution in [0.4, 0.5) is 5.69 Å². The number of anilines is 1. The lowest BCUT2D eigenvalue weighted by Crippen LogP contribution is -2.41. The summed E-state index contributed by atoms with van der Waals surface area (Å²) in [6, 6.07) is 0.151. The fraction of sp³-hybridized carbons (Fsp3) is 0.591. The van der Waals surface area contributed by atoms with Gasteiger partial charge in [0, 0.05) is 12.8 Å². The lowest BCUT2D eigenvalue weighted by molar-refractivity contribution is 0.0775. The molecule has 0 saturated heterocycles. The standard InChI is InChI=1S/C22H34N2OS2/c1-9-26-22(27-10-2)18-11-12(3)17(8)24(18)21(25)19-15(6)13(4)14(5)16(7)20(19)23/h18,22H,9-11,23H2,1-8H3/t18-/m0/s1/i5D. The number of nitrogen functional groups attached to an aromatic ring is 1. The topological polar surface area (TPSA) is 46.3 Å². The van der Waals surface area contributed by atoms with Crippen LogP contribution in [0.25, 0.3) is 0 Å². The van der Waals surface area contributed by atoms with Crippen LogP contribution in [-0.2, 0) is 0 Å². The van der Waals surface area contributed by atoms with Crippen molar-refractivity contribution in [1.29, 1.82) is 0 Å². The summed E-state index contributed by atoms with van der Waals surface area (Å²) in [4.78, 5) is 15.8. The molecule has 2 rings (SSSR count). The van der Waals surface area contributed by atoms with Gasteiger partial charge in [0.2, 0.25) is 0 Å². The van der Waals surface area contributed by atoms with Gasteiger partial charge in [-0.3, -0.25) is 4.79 Å². The van der Waals surface area contributed by atoms with Crippen LogP contribution in [-0.4, -0.2) is 32.9 Å². The first-order valence-corrected chi connectivity index (χ1v) is 11.7. The lowest BCUT2D eigenvalue weighted by atomic mass is 9.91. The third-order valence-corrected chi connectivity index (χ3v) is 8.52. The molecule has 27 heavy (non-hydrogen) atoms. The average Bonchev–Trinajstić information content (AvgIpc) is 2.95. The van der Waals surface area contributed by atoms with Crippen LogP contribution >= 0.6 is 23.5 Å². The number of carbonyl (C=O) groups excluding carboxylic acids is 1. The Morgan fingerprint density at radius 1 is 1.11 bits per heavy atom. The van der Waals surface area contributed by atoms with Crippen molar-refractivity contribution in [2.45, 2.75) is 72.4 Å². The molecule has 0 aliphatic carbocycles. The van der Waals surface area contributed by atoms with Crippen LogP contribution in [0.5, 0.6) is 0 Å². The van der Waals surface area contributed by atoms with Gasteiger partial charge in [0.25, 0.3) is 5.91 Å². The predicted octanol–water partition coefficient (Wildman–Crippen LogP) is 5.84. The number of hydrogen-bond acceptors (Lipinski definition) is 4. The van der Waals surface area contributed by atoms with Crippen molar-refractivity contribution >= 4 is 35.1 Å². The zero-order valence-corrected chi connectivity index (χ0v) is 19.4. The molecular formula is C22H34N2OS2. The quantitative estimate of drug-likeness (QED) is 0.475. The summed E-state index contributed by atoms with van der Waals surface area (Å²) >= 11 is 3.85. The minimum Gasteiger partial charge on any atom is -0.398 e. The fourth-order valence-corrected chi connectivity index (χ4v) is 6.51. The molecule has 2 N–H and O–H groups in total. The summed E-state index contributed by atoms with van der Waals surface area (Å²) in [6.07, 6.45) is 0.921. The van der Waals surface area contributed by atoms with Crippen molar-refractivity contribution in [2.75, 3.05) is 17.2 Å². The molecule has 150 valence electrons. The molecule has 1 aliphatic heterocycles. The molecule has 0 fully saturated rings. The maximum atomic E-state index is 13.8. The Morgan fingerprint density at radius 3 is 2.22 bits per heavy atom. The summed E-state index contributed by atoms with van der Waals surface area (Å²) in [6.45, 7) is 14.6. The Hall–Kier alpha value is -1.07. The summed E-state index contributed by atoms with van der Waals surface area (Å²) in [5, 5.41) is 0. The van der Waals surface area contributed by atoms with Crippen LogP contribution in [0.3, 0.4) is 0 Å². The van der Waals surface area contributed by atoms with E-state index in [4.69, 9.17) is 7.10 Å². The van der Waals surface area contributed by atoms with Gasteiger partial charge in [0.15, 0.2) is 0 Å². The number of nitrogens with zero attached hydrogens (tertiary/aromatic N) is 1. The van der Waals surface area contributed by atoms with Crippen molar-refractivity contribution in [3.63, 3.8) is 0 Å². The second-order valence-electron chi connectivity index (χ2n) is 7.23. The summed E-state index contributed by atoms with van der Waals surface area (Å²) in [5.74, 6) is 2.08. The van der Waals surface area contributed by atoms with Gasteiger partial charge >= 0.3 is 0 Å². The Bertz CT molecular complexity index is 756. The zero-order chi connectivity index (χ0) is 21.2. The number of amides is 1. The third-order valence-electron chi connectivity index (χ3n) is 5.75. The van der Waals surface area contributed by atoms with Crippen molar-refractivity contribution < 1.29 is 6.17 Å². The predicted molar refractivity (Wildman–Crippen MR) is 123 cm³/mol. The van der Waals surface area contributed by atoms with Gasteiger partial charge in [-0.05, 0) is 81.7 Å². The molecule has 1 amide bonds. The molecule has 0 spiro atoms. The molecular weight excluding hydrogens is 372 g/mol. The minimum atomic E-state index is 0.00971. The molecule has 0 bridgehead atoms. The highest BCUT2D eigenvalue weighted by molar-refractivity contribution is 8.17. The first-order chi connectivity index (χ1) is 13.2. The van der Waals surface area contributed by atoms with Gasteiger partial charge in [-0.1, -0.05) is 19.4 Å². The highest BCUT2D eigenvalue weighted by Crippen LogP contribution is 2.41. The Labute approximate surface area is 174 Å². The molecule has 1 atom stereocenters. The number of hydrogen-bond donors (Lipinski definition) is 1. The number of rotatable bonds is 6. The number of thioether (sulfide) groups is 2. The fourth-order valence-electron chi connectivity index (χ4n) is 3.77. The van der Waals surface area contributed by atoms with Gasteiger partial charge in [-0.2, -0.15) is 0 Å². The Kier molecular flexibility index (Phi) is 6.85. The lowest BCUT2D eigenvalue weighted by Gasteiger charge is -2.33. The van der Waals surface area contributed by atoms with E-state index in [2.05, 4.69) is 27.7 Å². The van der Waals surface area contributed by atoms with E-state index < -0.39 is 0 Å². The van der Waals surface area contributed by atoms with Crippen LogP contribution in [0, 0.1) is 27.7 Å². The minimum absolute atomic E-state index is 0.00971. The Morgan fingerprint density at radius 2 is 1.70 bits per heavy atom. The molecule has 1 aliphatic rings. The van der Waals surface area contributed by atoms with Crippen molar-refractivity contribution in [1.82, 2.24) is 4.90 Å². The van der Waals surface area contributed by atoms with Gasteiger partial charge in [-0.25, -0.2) is 0 Å². The summed E-state index contributed by atoms with van der Waals surface area (Å²) in [7, 11) is 0. The molecule has 1 heterocycles. The van der Waals surface area contributed by atoms with Gasteiger partial charge in [0.1, 0.15) is 0 Å². The van der Waals surface area contributed by atoms with Gasteiger partial charge in [0.05, 0.1) is 16.2 Å². The van der Waals surface area contributed by atoms with E-state index in [1.165, 1.54) is 5.57 Å². The molecule has 0 radical (unpaired) electrons. The van der Waals surface area contributed by atoms with E-state index in [0.717, 1.165) is 45.9 Å². The number of allylic oxidation sites excluding steroid dienone is 1. The smallest absolute Gasteiger partial charge is 0.260 e. The molecule has 5 heteroatoms. The van der Waals surface area contributed by atoms with E-state index in [9.17, 15) is 4.79 Å².